The molecule has 0 spiro atoms. The molecule has 14 rings (SSSR count). The van der Waals surface area contributed by atoms with Crippen molar-refractivity contribution in [2.75, 3.05) is 6.67 Å². The van der Waals surface area contributed by atoms with Gasteiger partial charge in [-0.3, -0.25) is 48.9 Å². The smallest absolute Gasteiger partial charge is 0.235 e. The Balaban J connectivity index is 0.887. The van der Waals surface area contributed by atoms with Crippen molar-refractivity contribution in [2.24, 2.45) is 47.3 Å². The molecular weight excluding hydrogens is 985 g/mol. The number of nitrogens with zero attached hydrogens (tertiary/aromatic N) is 6. The monoisotopic (exact) mass is 1030 g/mol. The summed E-state index contributed by atoms with van der Waals surface area (Å²) in [6, 6.07) is 59.9. The van der Waals surface area contributed by atoms with E-state index in [-0.39, 0.29) is 0 Å². The van der Waals surface area contributed by atoms with Crippen LogP contribution in [0.15, 0.2) is 253 Å². The van der Waals surface area contributed by atoms with Crippen LogP contribution in [0.2, 0.25) is 0 Å². The number of aliphatic hydroxyl groups is 2. The molecule has 10 atom stereocenters. The summed E-state index contributed by atoms with van der Waals surface area (Å²) >= 11 is 0. The number of imide groups is 2. The van der Waals surface area contributed by atoms with Crippen LogP contribution in [-0.4, -0.2) is 70.2 Å². The molecule has 12 heteroatoms. The molecular formula is C67H50N6O6. The van der Waals surface area contributed by atoms with E-state index in [1.807, 2.05) is 182 Å². The Hall–Kier alpha value is -9.36. The number of allylic oxidation sites excluding steroid dienone is 4. The zero-order valence-electron chi connectivity index (χ0n) is 42.5. The highest BCUT2D eigenvalue weighted by atomic mass is 16.3. The van der Waals surface area contributed by atoms with Gasteiger partial charge in [-0.25, -0.2) is 0 Å². The predicted molar refractivity (Wildman–Crippen MR) is 293 cm³/mol. The number of hydrogen-bond donors (Lipinski definition) is 2. The number of fused-ring (bicyclic) bond motifs is 10. The zero-order valence-corrected chi connectivity index (χ0v) is 42.5. The molecule has 8 aromatic rings. The van der Waals surface area contributed by atoms with Crippen LogP contribution in [0, 0.1) is 47.3 Å². The van der Waals surface area contributed by atoms with Crippen LogP contribution in [0.1, 0.15) is 45.0 Å². The van der Waals surface area contributed by atoms with Gasteiger partial charge in [0, 0.05) is 59.6 Å². The summed E-state index contributed by atoms with van der Waals surface area (Å²) in [4.78, 5) is 83.8. The Bertz CT molecular complexity index is 3440. The lowest BCUT2D eigenvalue weighted by Crippen LogP contribution is -2.46. The van der Waals surface area contributed by atoms with Gasteiger partial charge in [0.15, 0.2) is 11.2 Å². The fourth-order valence-electron chi connectivity index (χ4n) is 14.2. The lowest BCUT2D eigenvalue weighted by atomic mass is 9.71. The minimum atomic E-state index is -1.85. The minimum Gasteiger partial charge on any atom is -0.375 e. The zero-order chi connectivity index (χ0) is 53.6. The van der Waals surface area contributed by atoms with E-state index in [0.717, 1.165) is 43.2 Å². The molecule has 6 heterocycles. The molecule has 79 heavy (non-hydrogen) atoms. The molecule has 6 aliphatic rings. The summed E-state index contributed by atoms with van der Waals surface area (Å²) < 4.78 is 0. The molecule has 4 fully saturated rings. The highest BCUT2D eigenvalue weighted by Crippen LogP contribution is 2.67. The third kappa shape index (κ3) is 7.14. The minimum absolute atomic E-state index is 0.347. The van der Waals surface area contributed by atoms with Crippen LogP contribution < -0.4 is 0 Å². The Labute approximate surface area is 455 Å². The maximum absolute atomic E-state index is 15.7. The summed E-state index contributed by atoms with van der Waals surface area (Å²) in [5.41, 5.74) is 5.08. The number of amides is 4. The van der Waals surface area contributed by atoms with E-state index in [1.165, 1.54) is 0 Å². The van der Waals surface area contributed by atoms with Crippen LogP contribution in [0.3, 0.4) is 0 Å². The van der Waals surface area contributed by atoms with Gasteiger partial charge in [0.2, 0.25) is 23.6 Å². The van der Waals surface area contributed by atoms with Crippen LogP contribution in [0.5, 0.6) is 0 Å². The Kier molecular flexibility index (Phi) is 11.4. The van der Waals surface area contributed by atoms with Crippen LogP contribution in [0.25, 0.3) is 11.1 Å². The molecule has 4 aromatic heterocycles. The number of hydrogen-bond acceptors (Lipinski definition) is 10. The van der Waals surface area contributed by atoms with E-state index < -0.39 is 88.8 Å². The first-order valence-electron chi connectivity index (χ1n) is 26.6. The van der Waals surface area contributed by atoms with Crippen molar-refractivity contribution in [2.45, 2.75) is 11.2 Å². The van der Waals surface area contributed by atoms with E-state index in [9.17, 15) is 10.2 Å². The van der Waals surface area contributed by atoms with Gasteiger partial charge >= 0.3 is 0 Å². The summed E-state index contributed by atoms with van der Waals surface area (Å²) in [5.74, 6) is -9.12. The van der Waals surface area contributed by atoms with Crippen molar-refractivity contribution >= 4 is 34.8 Å². The summed E-state index contributed by atoms with van der Waals surface area (Å²) in [6.45, 7) is -0.596. The van der Waals surface area contributed by atoms with Gasteiger partial charge in [-0.15, -0.1) is 0 Å². The average molecular weight is 1040 g/mol. The molecule has 4 amide bonds. The molecule has 384 valence electrons. The number of aromatic nitrogens is 4. The topological polar surface area (TPSA) is 167 Å². The molecule has 2 saturated carbocycles. The van der Waals surface area contributed by atoms with E-state index in [1.54, 1.807) is 49.1 Å². The van der Waals surface area contributed by atoms with E-state index in [2.05, 4.69) is 0 Å². The van der Waals surface area contributed by atoms with E-state index in [4.69, 9.17) is 19.9 Å². The quantitative estimate of drug-likeness (QED) is 0.0891. The van der Waals surface area contributed by atoms with Crippen molar-refractivity contribution in [3.8, 4) is 0 Å². The van der Waals surface area contributed by atoms with Crippen LogP contribution in [-0.2, 0) is 30.4 Å². The average Bonchev–Trinajstić information content (AvgIpc) is 4.10. The van der Waals surface area contributed by atoms with Gasteiger partial charge in [0.05, 0.1) is 46.4 Å². The number of rotatable bonds is 12. The molecule has 0 radical (unpaired) electrons. The van der Waals surface area contributed by atoms with Crippen molar-refractivity contribution in [3.63, 3.8) is 0 Å². The van der Waals surface area contributed by atoms with E-state index >= 15 is 19.2 Å². The molecule has 4 aromatic carbocycles. The van der Waals surface area contributed by atoms with Gasteiger partial charge in [-0.05, 0) is 93.1 Å². The van der Waals surface area contributed by atoms with Gasteiger partial charge in [-0.2, -0.15) is 0 Å². The number of pyridine rings is 4. The summed E-state index contributed by atoms with van der Waals surface area (Å²) in [5, 5.41) is 27.0. The first kappa shape index (κ1) is 48.0. The summed E-state index contributed by atoms with van der Waals surface area (Å²) in [7, 11) is 0. The summed E-state index contributed by atoms with van der Waals surface area (Å²) in [6.07, 6.45) is 10.6. The van der Waals surface area contributed by atoms with Crippen molar-refractivity contribution < 1.29 is 29.4 Å². The predicted octanol–water partition coefficient (Wildman–Crippen LogP) is 8.97. The lowest BCUT2D eigenvalue weighted by Gasteiger charge is -2.36. The fraction of sp³-hybridized carbons (Fsp3) is 0.164. The standard InChI is InChI=1S/C67H50N6O6/c74-62-56-44-37-46(66(78,42-25-9-3-10-26-42)50-31-15-19-35-70-50)58(54(44)52(40-21-5-1-6-22-40)48-29-13-17-33-68-48)60(56)64(76)72(62)39-73-63(75)57-45-38-47(67(79,43-27-11-4-12-28-43)51-32-16-20-36-71-51)59(61(57)65(73)77)55(45)53(41-23-7-2-8-24-41)49-30-14-18-34-69-49/h1-38,44-45,56-61,78-79H,39H2/b54-52+,55-53+. The van der Waals surface area contributed by atoms with Gasteiger partial charge in [0.25, 0.3) is 0 Å². The number of benzene rings is 4. The van der Waals surface area contributed by atoms with Crippen molar-refractivity contribution in [1.82, 2.24) is 29.7 Å². The third-order valence-electron chi connectivity index (χ3n) is 17.4. The normalized spacial score (nSPS) is 26.4. The first-order valence-corrected chi connectivity index (χ1v) is 26.6. The number of likely N-dealkylation sites (tertiary alicyclic amines) is 2. The lowest BCUT2D eigenvalue weighted by molar-refractivity contribution is -0.149. The number of carbonyl (C=O) groups excluding carboxylic acids is 4. The highest BCUT2D eigenvalue weighted by molar-refractivity contribution is 6.11. The van der Waals surface area contributed by atoms with Crippen LogP contribution >= 0.6 is 0 Å². The Morgan fingerprint density at radius 2 is 0.722 bits per heavy atom. The third-order valence-corrected chi connectivity index (χ3v) is 17.4. The number of carbonyl (C=O) groups is 4. The van der Waals surface area contributed by atoms with Crippen LogP contribution in [0.4, 0.5) is 0 Å². The van der Waals surface area contributed by atoms with Gasteiger partial charge in [-0.1, -0.05) is 158 Å². The van der Waals surface area contributed by atoms with Crippen molar-refractivity contribution in [1.29, 1.82) is 0 Å². The maximum Gasteiger partial charge on any atom is 0.235 e. The molecule has 12 nitrogen and oxygen atoms in total. The van der Waals surface area contributed by atoms with Gasteiger partial charge < -0.3 is 10.2 Å². The highest BCUT2D eigenvalue weighted by Gasteiger charge is 2.70. The second-order valence-electron chi connectivity index (χ2n) is 21.1. The Morgan fingerprint density at radius 1 is 0.392 bits per heavy atom. The fourth-order valence-corrected chi connectivity index (χ4v) is 14.2. The second kappa shape index (κ2) is 18.7. The molecule has 4 bridgehead atoms. The first-order chi connectivity index (χ1) is 38.7. The molecule has 2 N–H and O–H groups in total. The Morgan fingerprint density at radius 3 is 1.06 bits per heavy atom. The molecule has 2 aliphatic heterocycles. The second-order valence-corrected chi connectivity index (χ2v) is 21.1. The molecule has 2 saturated heterocycles. The van der Waals surface area contributed by atoms with Crippen molar-refractivity contribution in [3.05, 3.63) is 298 Å². The largest absolute Gasteiger partial charge is 0.375 e. The molecule has 4 aliphatic carbocycles. The molecule has 10 unspecified atom stereocenters. The SMILES string of the molecule is O=C1C2C3C=C(C(O)(c4ccccc4)c4ccccn4)C(/C3=C(\c3ccccc3)c3ccccn3)C2C(=O)N1CN1C(=O)C2C3C=C(C(O)(c4ccccc4)c4ccccn4)C(/C3=C(\c3ccccc3)c3ccccn3)C2C1=O. The van der Waals surface area contributed by atoms with E-state index in [0.29, 0.717) is 45.0 Å². The van der Waals surface area contributed by atoms with Gasteiger partial charge in [0.1, 0.15) is 6.67 Å². The maximum atomic E-state index is 15.7.